The zero-order valence-electron chi connectivity index (χ0n) is 6.89. The van der Waals surface area contributed by atoms with Gasteiger partial charge in [0.25, 0.3) is 0 Å². The van der Waals surface area contributed by atoms with Gasteiger partial charge in [0.1, 0.15) is 0 Å². The fourth-order valence-electron chi connectivity index (χ4n) is 1.17. The molecule has 0 aliphatic carbocycles. The van der Waals surface area contributed by atoms with Gasteiger partial charge in [-0.15, -0.1) is 0 Å². The molecule has 0 saturated heterocycles. The van der Waals surface area contributed by atoms with E-state index in [0.717, 1.165) is 22.5 Å². The van der Waals surface area contributed by atoms with Crippen LogP contribution in [0, 0.1) is 6.92 Å². The normalized spacial score (nSPS) is 16.8. The number of anilines is 1. The van der Waals surface area contributed by atoms with Crippen molar-refractivity contribution in [3.8, 4) is 0 Å². The Morgan fingerprint density at radius 1 is 1.50 bits per heavy atom. The number of pyridine rings is 1. The van der Waals surface area contributed by atoms with Crippen molar-refractivity contribution < 1.29 is 21.5 Å². The van der Waals surface area contributed by atoms with Gasteiger partial charge in [0.2, 0.25) is 0 Å². The van der Waals surface area contributed by atoms with E-state index in [4.69, 9.17) is 0 Å². The van der Waals surface area contributed by atoms with Crippen molar-refractivity contribution in [2.75, 3.05) is 9.87 Å². The molecule has 0 spiro atoms. The summed E-state index contributed by atoms with van der Waals surface area (Å²) in [6, 6.07) is 4.17. The summed E-state index contributed by atoms with van der Waals surface area (Å²) in [6.45, 7) is 2.96. The van der Waals surface area contributed by atoms with Crippen LogP contribution < -0.4 is 30.3 Å². The van der Waals surface area contributed by atoms with E-state index in [1.54, 1.807) is 0 Å². The molecule has 2 rings (SSSR count). The van der Waals surface area contributed by atoms with E-state index in [1.807, 2.05) is 6.92 Å². The van der Waals surface area contributed by atoms with Gasteiger partial charge >= 0.3 is 82.5 Å². The number of nitrogens with one attached hydrogen (secondary N) is 2. The molecule has 0 aromatic carbocycles. The van der Waals surface area contributed by atoms with Crippen LogP contribution in [0.2, 0.25) is 0 Å². The van der Waals surface area contributed by atoms with Crippen molar-refractivity contribution in [3.63, 3.8) is 0 Å². The van der Waals surface area contributed by atoms with Crippen LogP contribution in [0.25, 0.3) is 0 Å². The van der Waals surface area contributed by atoms with Crippen LogP contribution in [-0.4, -0.2) is 9.54 Å². The van der Waals surface area contributed by atoms with E-state index in [2.05, 4.69) is 26.0 Å². The number of rotatable bonds is 0. The predicted octanol–water partition coefficient (Wildman–Crippen LogP) is -2.13. The summed E-state index contributed by atoms with van der Waals surface area (Å²) < 4.78 is 4.51. The van der Waals surface area contributed by atoms with Gasteiger partial charge in [-0.25, -0.2) is 0 Å². The third-order valence-electron chi connectivity index (χ3n) is 1.77. The molecule has 0 unspecified atom stereocenters. The van der Waals surface area contributed by atoms with Crippen LogP contribution >= 0.6 is 0 Å². The van der Waals surface area contributed by atoms with Gasteiger partial charge in [0.05, 0.1) is 0 Å². The summed E-state index contributed by atoms with van der Waals surface area (Å²) >= 11 is 0.128. The third-order valence-corrected chi connectivity index (χ3v) is 3.45. The van der Waals surface area contributed by atoms with Crippen molar-refractivity contribution in [3.05, 3.63) is 23.5 Å². The maximum absolute atomic E-state index is 4.47. The Balaban J connectivity index is 2.36. The van der Waals surface area contributed by atoms with Crippen LogP contribution in [-0.2, 0) is 6.54 Å². The molecule has 3 nitrogen and oxygen atoms in total. The SMILES string of the molecule is Cc1ccc2c(n1)CN[I-]CN2. The molecule has 0 bridgehead atoms. The average molecular weight is 276 g/mol. The van der Waals surface area contributed by atoms with Gasteiger partial charge in [-0.2, -0.15) is 0 Å². The molecular weight excluding hydrogens is 265 g/mol. The van der Waals surface area contributed by atoms with Gasteiger partial charge in [-0.1, -0.05) is 0 Å². The summed E-state index contributed by atoms with van der Waals surface area (Å²) in [6.07, 6.45) is 0. The molecule has 2 N–H and O–H groups in total. The molecule has 1 aliphatic heterocycles. The van der Waals surface area contributed by atoms with Crippen molar-refractivity contribution in [1.29, 1.82) is 0 Å². The monoisotopic (exact) mass is 276 g/mol. The van der Waals surface area contributed by atoms with Gasteiger partial charge in [0, 0.05) is 0 Å². The molecule has 12 heavy (non-hydrogen) atoms. The molecule has 66 valence electrons. The molecule has 0 fully saturated rings. The minimum absolute atomic E-state index is 0.128. The van der Waals surface area contributed by atoms with Crippen LogP contribution in [0.3, 0.4) is 0 Å². The second-order valence-corrected chi connectivity index (χ2v) is 4.99. The zero-order valence-corrected chi connectivity index (χ0v) is 9.05. The van der Waals surface area contributed by atoms with E-state index < -0.39 is 0 Å². The van der Waals surface area contributed by atoms with Crippen LogP contribution in [0.5, 0.6) is 0 Å². The number of hydrogen-bond acceptors (Lipinski definition) is 3. The summed E-state index contributed by atoms with van der Waals surface area (Å²) in [5.41, 5.74) is 3.45. The number of nitrogens with zero attached hydrogens (tertiary/aromatic N) is 1. The number of aromatic nitrogens is 1. The summed E-state index contributed by atoms with van der Waals surface area (Å²) in [5, 5.41) is 3.38. The maximum atomic E-state index is 4.47. The van der Waals surface area contributed by atoms with Gasteiger partial charge in [-0.3, -0.25) is 0 Å². The first-order valence-electron chi connectivity index (χ1n) is 3.87. The predicted molar refractivity (Wildman–Crippen MR) is 44.3 cm³/mol. The second-order valence-electron chi connectivity index (χ2n) is 2.70. The van der Waals surface area contributed by atoms with Crippen LogP contribution in [0.15, 0.2) is 12.1 Å². The molecule has 0 radical (unpaired) electrons. The number of alkyl halides is 1. The number of hydrogen-bond donors (Lipinski definition) is 2. The second kappa shape index (κ2) is 3.57. The van der Waals surface area contributed by atoms with Crippen molar-refractivity contribution >= 4 is 5.69 Å². The fourth-order valence-corrected chi connectivity index (χ4v) is 2.67. The molecule has 1 aromatic heterocycles. The minimum atomic E-state index is 0.128. The third kappa shape index (κ3) is 1.69. The van der Waals surface area contributed by atoms with Crippen LogP contribution in [0.1, 0.15) is 11.4 Å². The van der Waals surface area contributed by atoms with E-state index in [0.29, 0.717) is 0 Å². The molecule has 2 heterocycles. The Hall–Kier alpha value is -0.360. The molecular formula is C8H11IN3-. The average Bonchev–Trinajstić information content (AvgIpc) is 2.28. The first kappa shape index (κ1) is 8.25. The molecule has 0 amide bonds. The zero-order chi connectivity index (χ0) is 8.39. The van der Waals surface area contributed by atoms with E-state index in [-0.39, 0.29) is 21.5 Å². The topological polar surface area (TPSA) is 37.0 Å². The Labute approximate surface area is 82.6 Å². The molecule has 0 saturated carbocycles. The summed E-state index contributed by atoms with van der Waals surface area (Å²) in [7, 11) is 0. The molecule has 1 aliphatic rings. The van der Waals surface area contributed by atoms with Gasteiger partial charge in [-0.05, 0) is 0 Å². The Morgan fingerprint density at radius 2 is 2.42 bits per heavy atom. The Morgan fingerprint density at radius 3 is 3.33 bits per heavy atom. The molecule has 0 atom stereocenters. The van der Waals surface area contributed by atoms with Crippen molar-refractivity contribution in [1.82, 2.24) is 8.51 Å². The number of halogens is 1. The first-order valence-corrected chi connectivity index (χ1v) is 6.48. The summed E-state index contributed by atoms with van der Waals surface area (Å²) in [5.74, 6) is 0. The van der Waals surface area contributed by atoms with E-state index >= 15 is 0 Å². The standard InChI is InChI=1S/C8H11IN3/c1-6-2-3-7-8(12-6)4-11-9-5-10-7/h2-3,10-11H,4-5H2,1H3/q-1. The van der Waals surface area contributed by atoms with Gasteiger partial charge < -0.3 is 0 Å². The first-order chi connectivity index (χ1) is 5.86. The van der Waals surface area contributed by atoms with Crippen LogP contribution in [0.4, 0.5) is 5.69 Å². The quantitative estimate of drug-likeness (QED) is 0.246. The number of fused-ring (bicyclic) bond motifs is 1. The number of aryl methyl sites for hydroxylation is 1. The van der Waals surface area contributed by atoms with Crippen molar-refractivity contribution in [2.45, 2.75) is 13.5 Å². The Bertz CT molecular complexity index is 288. The van der Waals surface area contributed by atoms with E-state index in [9.17, 15) is 0 Å². The van der Waals surface area contributed by atoms with Crippen molar-refractivity contribution in [2.24, 2.45) is 0 Å². The van der Waals surface area contributed by atoms with Gasteiger partial charge in [0.15, 0.2) is 0 Å². The fraction of sp³-hybridized carbons (Fsp3) is 0.375. The molecule has 4 heteroatoms. The summed E-state index contributed by atoms with van der Waals surface area (Å²) in [4.78, 5) is 4.47. The van der Waals surface area contributed by atoms with E-state index in [1.165, 1.54) is 5.69 Å². The molecule has 1 aromatic rings. The Kier molecular flexibility index (Phi) is 2.45.